The highest BCUT2D eigenvalue weighted by molar-refractivity contribution is 5.87. The van der Waals surface area contributed by atoms with Gasteiger partial charge in [0.2, 0.25) is 0 Å². The Bertz CT molecular complexity index is 1410. The van der Waals surface area contributed by atoms with E-state index in [4.69, 9.17) is 0 Å². The minimum Gasteiger partial charge on any atom is -0.396 e. The fourth-order valence-corrected chi connectivity index (χ4v) is 4.08. The van der Waals surface area contributed by atoms with E-state index < -0.39 is 11.6 Å². The minimum absolute atomic E-state index is 0.0295. The fraction of sp³-hybridized carbons (Fsp3) is 0.208. The van der Waals surface area contributed by atoms with Crippen molar-refractivity contribution in [2.75, 3.05) is 18.5 Å². The molecule has 9 heteroatoms. The van der Waals surface area contributed by atoms with E-state index in [-0.39, 0.29) is 29.3 Å². The number of hydrogen-bond donors (Lipinski definition) is 2. The number of anilines is 1. The lowest BCUT2D eigenvalue weighted by Gasteiger charge is -2.24. The van der Waals surface area contributed by atoms with Crippen LogP contribution in [0.25, 0.3) is 28.2 Å². The number of nitrogens with one attached hydrogen (secondary N) is 1. The molecule has 2 aromatic heterocycles. The van der Waals surface area contributed by atoms with E-state index in [2.05, 4.69) is 15.5 Å². The summed E-state index contributed by atoms with van der Waals surface area (Å²) in [6.07, 6.45) is 0. The van der Waals surface area contributed by atoms with Crippen molar-refractivity contribution >= 4 is 5.82 Å². The Morgan fingerprint density at radius 2 is 1.94 bits per heavy atom. The highest BCUT2D eigenvalue weighted by atomic mass is 19.1. The summed E-state index contributed by atoms with van der Waals surface area (Å²) >= 11 is 0. The first-order valence-corrected chi connectivity index (χ1v) is 10.5. The van der Waals surface area contributed by atoms with Crippen molar-refractivity contribution in [3.63, 3.8) is 0 Å². The number of benzene rings is 2. The highest BCUT2D eigenvalue weighted by Gasteiger charge is 2.28. The number of aliphatic hydroxyl groups is 1. The summed E-state index contributed by atoms with van der Waals surface area (Å²) in [5, 5.41) is 22.0. The number of aryl methyl sites for hydroxylation is 1. The van der Waals surface area contributed by atoms with Crippen molar-refractivity contribution in [1.29, 1.82) is 0 Å². The summed E-state index contributed by atoms with van der Waals surface area (Å²) in [5.74, 6) is -0.907. The molecule has 2 N–H and O–H groups in total. The first-order chi connectivity index (χ1) is 16.0. The summed E-state index contributed by atoms with van der Waals surface area (Å²) in [4.78, 5) is 12.6. The molecule has 0 aliphatic carbocycles. The molecule has 2 aromatic carbocycles. The van der Waals surface area contributed by atoms with Crippen LogP contribution in [-0.4, -0.2) is 37.8 Å². The lowest BCUT2D eigenvalue weighted by atomic mass is 10.0. The Labute approximate surface area is 187 Å². The second-order valence-corrected chi connectivity index (χ2v) is 8.06. The molecule has 1 unspecified atom stereocenters. The first kappa shape index (κ1) is 21.0. The monoisotopic (exact) mass is 449 g/mol. The van der Waals surface area contributed by atoms with Gasteiger partial charge in [0.25, 0.3) is 5.56 Å². The lowest BCUT2D eigenvalue weighted by molar-refractivity contribution is 0.209. The molecule has 0 saturated heterocycles. The third-order valence-electron chi connectivity index (χ3n) is 5.79. The molecule has 3 heterocycles. The zero-order chi connectivity index (χ0) is 23.1. The van der Waals surface area contributed by atoms with Gasteiger partial charge in [-0.25, -0.2) is 13.5 Å². The number of para-hydroxylation sites is 1. The third-order valence-corrected chi connectivity index (χ3v) is 5.79. The van der Waals surface area contributed by atoms with Crippen molar-refractivity contribution in [2.24, 2.45) is 5.92 Å². The van der Waals surface area contributed by atoms with E-state index in [0.717, 1.165) is 11.6 Å². The van der Waals surface area contributed by atoms with Gasteiger partial charge in [0, 0.05) is 43.3 Å². The summed E-state index contributed by atoms with van der Waals surface area (Å²) in [6, 6.07) is 13.7. The average molecular weight is 449 g/mol. The molecule has 168 valence electrons. The second kappa shape index (κ2) is 8.25. The molecule has 33 heavy (non-hydrogen) atoms. The zero-order valence-corrected chi connectivity index (χ0v) is 17.8. The molecule has 0 radical (unpaired) electrons. The van der Waals surface area contributed by atoms with Crippen LogP contribution in [-0.2, 0) is 6.54 Å². The maximum atomic E-state index is 14.8. The van der Waals surface area contributed by atoms with Gasteiger partial charge in [-0.05, 0) is 36.8 Å². The first-order valence-electron chi connectivity index (χ1n) is 10.5. The van der Waals surface area contributed by atoms with Crippen molar-refractivity contribution < 1.29 is 13.9 Å². The molecule has 5 rings (SSSR count). The van der Waals surface area contributed by atoms with Gasteiger partial charge in [-0.1, -0.05) is 18.2 Å². The smallest absolute Gasteiger partial charge is 0.271 e. The normalized spacial score (nSPS) is 15.2. The molecule has 0 bridgehead atoms. The van der Waals surface area contributed by atoms with Gasteiger partial charge in [-0.15, -0.1) is 0 Å². The highest BCUT2D eigenvalue weighted by Crippen LogP contribution is 2.39. The largest absolute Gasteiger partial charge is 0.396 e. The molecular weight excluding hydrogens is 428 g/mol. The van der Waals surface area contributed by atoms with Gasteiger partial charge in [-0.2, -0.15) is 14.9 Å². The molecule has 0 spiro atoms. The standard InChI is InChI=1S/C24H21F2N5O2/c1-14-4-2-3-5-20(14)31-21(33)9-8-19(28-31)22-23(17-7-6-16(25)10-18(17)26)29-30-12-15(13-32)11-27-24(22)30/h2-10,15,27,32H,11-13H2,1H3. The van der Waals surface area contributed by atoms with E-state index in [1.807, 2.05) is 25.1 Å². The molecule has 1 aliphatic rings. The van der Waals surface area contributed by atoms with Crippen LogP contribution in [0.4, 0.5) is 14.6 Å². The number of rotatable bonds is 4. The minimum atomic E-state index is -0.752. The van der Waals surface area contributed by atoms with Crippen LogP contribution in [0.2, 0.25) is 0 Å². The number of aromatic nitrogens is 4. The van der Waals surface area contributed by atoms with Gasteiger partial charge >= 0.3 is 0 Å². The maximum Gasteiger partial charge on any atom is 0.271 e. The zero-order valence-electron chi connectivity index (χ0n) is 17.8. The van der Waals surface area contributed by atoms with E-state index in [1.54, 1.807) is 16.8 Å². The molecule has 7 nitrogen and oxygen atoms in total. The summed E-state index contributed by atoms with van der Waals surface area (Å²) < 4.78 is 31.3. The Balaban J connectivity index is 1.74. The summed E-state index contributed by atoms with van der Waals surface area (Å²) in [7, 11) is 0. The molecular formula is C24H21F2N5O2. The molecule has 4 aromatic rings. The SMILES string of the molecule is Cc1ccccc1-n1nc(-c2c(-c3ccc(F)cc3F)nn3c2NCC(CO)C3)ccc1=O. The molecule has 1 aliphatic heterocycles. The Kier molecular flexibility index (Phi) is 5.26. The van der Waals surface area contributed by atoms with Gasteiger partial charge in [0.1, 0.15) is 23.1 Å². The second-order valence-electron chi connectivity index (χ2n) is 8.06. The number of fused-ring (bicyclic) bond motifs is 1. The number of nitrogens with zero attached hydrogens (tertiary/aromatic N) is 4. The topological polar surface area (TPSA) is 85.0 Å². The predicted octanol–water partition coefficient (Wildman–Crippen LogP) is 3.38. The van der Waals surface area contributed by atoms with Gasteiger partial charge in [-0.3, -0.25) is 4.79 Å². The summed E-state index contributed by atoms with van der Waals surface area (Å²) in [6.45, 7) is 2.77. The van der Waals surface area contributed by atoms with Gasteiger partial charge < -0.3 is 10.4 Å². The van der Waals surface area contributed by atoms with Crippen molar-refractivity contribution in [2.45, 2.75) is 13.5 Å². The quantitative estimate of drug-likeness (QED) is 0.499. The van der Waals surface area contributed by atoms with Crippen LogP contribution >= 0.6 is 0 Å². The van der Waals surface area contributed by atoms with Crippen LogP contribution in [0.1, 0.15) is 5.56 Å². The molecule has 0 amide bonds. The van der Waals surface area contributed by atoms with Gasteiger partial charge in [0.15, 0.2) is 0 Å². The van der Waals surface area contributed by atoms with Crippen LogP contribution in [0, 0.1) is 24.5 Å². The van der Waals surface area contributed by atoms with Crippen molar-refractivity contribution in [1.82, 2.24) is 19.6 Å². The molecule has 0 fully saturated rings. The van der Waals surface area contributed by atoms with E-state index in [1.165, 1.54) is 22.9 Å². The van der Waals surface area contributed by atoms with Crippen LogP contribution in [0.3, 0.4) is 0 Å². The van der Waals surface area contributed by atoms with Crippen LogP contribution < -0.4 is 10.9 Å². The molecule has 0 saturated carbocycles. The average Bonchev–Trinajstić information content (AvgIpc) is 3.18. The van der Waals surface area contributed by atoms with E-state index in [9.17, 15) is 18.7 Å². The Morgan fingerprint density at radius 3 is 2.70 bits per heavy atom. The van der Waals surface area contributed by atoms with Crippen molar-refractivity contribution in [3.05, 3.63) is 82.1 Å². The Hall–Kier alpha value is -3.85. The van der Waals surface area contributed by atoms with Gasteiger partial charge in [0.05, 0.1) is 16.9 Å². The lowest BCUT2D eigenvalue weighted by Crippen LogP contribution is -2.30. The maximum absolute atomic E-state index is 14.8. The summed E-state index contributed by atoms with van der Waals surface area (Å²) in [5.41, 5.74) is 2.49. The number of hydrogen-bond acceptors (Lipinski definition) is 5. The van der Waals surface area contributed by atoms with Crippen LogP contribution in [0.5, 0.6) is 0 Å². The van der Waals surface area contributed by atoms with Crippen LogP contribution in [0.15, 0.2) is 59.4 Å². The van der Waals surface area contributed by atoms with E-state index in [0.29, 0.717) is 35.9 Å². The number of halogens is 2. The van der Waals surface area contributed by atoms with E-state index >= 15 is 0 Å². The molecule has 1 atom stereocenters. The fourth-order valence-electron chi connectivity index (χ4n) is 4.08. The van der Waals surface area contributed by atoms with Crippen molar-refractivity contribution in [3.8, 4) is 28.2 Å². The third kappa shape index (κ3) is 3.70. The predicted molar refractivity (Wildman–Crippen MR) is 120 cm³/mol. The number of aliphatic hydroxyl groups excluding tert-OH is 1. The Morgan fingerprint density at radius 1 is 1.12 bits per heavy atom.